The van der Waals surface area contributed by atoms with E-state index in [1.54, 1.807) is 6.07 Å². The molecule has 54 valence electrons. The van der Waals surface area contributed by atoms with Gasteiger partial charge in [-0.3, -0.25) is 4.79 Å². The highest BCUT2D eigenvalue weighted by atomic mass is 35.5. The number of nitrogens with zero attached hydrogens (tertiary/aromatic N) is 1. The Morgan fingerprint density at radius 3 is 1.78 bits per heavy atom. The van der Waals surface area contributed by atoms with Gasteiger partial charge in [0.15, 0.2) is 0 Å². The highest BCUT2D eigenvalue weighted by Gasteiger charge is 1.41. The molecule has 0 aromatic rings. The van der Waals surface area contributed by atoms with Crippen molar-refractivity contribution in [3.05, 3.63) is 0 Å². The lowest BCUT2D eigenvalue weighted by molar-refractivity contribution is -0.122. The molecule has 0 spiro atoms. The molecule has 1 N–H and O–H groups in total. The van der Waals surface area contributed by atoms with E-state index in [2.05, 4.69) is 0 Å². The summed E-state index contributed by atoms with van der Waals surface area (Å²) in [5.41, 5.74) is 0. The molecule has 0 fully saturated rings. The monoisotopic (exact) mass is 171 g/mol. The molecular formula is C4H7Cl2NO2. The maximum Gasteiger partial charge on any atom is 0.290 e. The van der Waals surface area contributed by atoms with Gasteiger partial charge in [-0.25, -0.2) is 0 Å². The second-order valence-corrected chi connectivity index (χ2v) is 1.24. The van der Waals surface area contributed by atoms with Crippen molar-refractivity contribution in [2.75, 3.05) is 5.34 Å². The summed E-state index contributed by atoms with van der Waals surface area (Å²) in [6, 6.07) is 1.75. The van der Waals surface area contributed by atoms with Crippen molar-refractivity contribution < 1.29 is 9.90 Å². The van der Waals surface area contributed by atoms with Crippen LogP contribution < -0.4 is 0 Å². The van der Waals surface area contributed by atoms with Gasteiger partial charge in [0.2, 0.25) is 0 Å². The van der Waals surface area contributed by atoms with Crippen LogP contribution in [0.3, 0.4) is 0 Å². The number of carbonyl (C=O) groups is 1. The predicted octanol–water partition coefficient (Wildman–Crippen LogP) is 1.65. The molecule has 0 saturated carbocycles. The lowest BCUT2D eigenvalue weighted by Crippen LogP contribution is -1.49. The summed E-state index contributed by atoms with van der Waals surface area (Å²) in [7, 11) is 0. The Labute approximate surface area is 63.8 Å². The van der Waals surface area contributed by atoms with E-state index in [1.807, 2.05) is 0 Å². The number of nitriles is 1. The smallest absolute Gasteiger partial charge is 0.290 e. The van der Waals surface area contributed by atoms with Crippen molar-refractivity contribution in [1.82, 2.24) is 0 Å². The van der Waals surface area contributed by atoms with Crippen LogP contribution in [0.1, 0.15) is 6.92 Å². The van der Waals surface area contributed by atoms with E-state index in [0.29, 0.717) is 0 Å². The normalized spacial score (nSPS) is 4.22. The molecule has 0 bridgehead atoms. The third kappa shape index (κ3) is 1090. The van der Waals surface area contributed by atoms with Crippen molar-refractivity contribution in [2.24, 2.45) is 0 Å². The van der Waals surface area contributed by atoms with E-state index in [1.165, 1.54) is 6.92 Å². The number of hydrogen-bond acceptors (Lipinski definition) is 2. The molecule has 0 aliphatic rings. The molecule has 0 saturated heterocycles. The van der Waals surface area contributed by atoms with Crippen LogP contribution in [0.15, 0.2) is 0 Å². The van der Waals surface area contributed by atoms with Crippen LogP contribution in [0, 0.1) is 11.3 Å². The van der Waals surface area contributed by atoms with E-state index in [0.717, 1.165) is 0 Å². The fraction of sp³-hybridized carbons (Fsp3) is 0.500. The van der Waals surface area contributed by atoms with E-state index in [-0.39, 0.29) is 11.8 Å². The van der Waals surface area contributed by atoms with E-state index in [9.17, 15) is 0 Å². The van der Waals surface area contributed by atoms with Crippen LogP contribution in [-0.2, 0) is 4.79 Å². The number of rotatable bonds is 0. The van der Waals surface area contributed by atoms with Gasteiger partial charge < -0.3 is 5.11 Å². The molecule has 0 radical (unpaired) electrons. The first-order valence-corrected chi connectivity index (χ1v) is 2.82. The first-order valence-electron chi connectivity index (χ1n) is 1.75. The Kier molecular flexibility index (Phi) is 87.9. The van der Waals surface area contributed by atoms with Crippen LogP contribution in [0.25, 0.3) is 0 Å². The van der Waals surface area contributed by atoms with Gasteiger partial charge in [0, 0.05) is 6.92 Å². The molecule has 0 atom stereocenters. The SMILES string of the molecule is CC#N.ClCCl.O=CO. The summed E-state index contributed by atoms with van der Waals surface area (Å²) in [6.07, 6.45) is 0. The highest BCUT2D eigenvalue weighted by molar-refractivity contribution is 6.40. The lowest BCUT2D eigenvalue weighted by Gasteiger charge is -1.42. The molecule has 0 heterocycles. The fourth-order valence-electron chi connectivity index (χ4n) is 0. The minimum atomic E-state index is -0.250. The van der Waals surface area contributed by atoms with Crippen molar-refractivity contribution in [3.8, 4) is 6.07 Å². The number of hydrogen-bond donors (Lipinski definition) is 1. The van der Waals surface area contributed by atoms with Crippen molar-refractivity contribution in [3.63, 3.8) is 0 Å². The standard InChI is InChI=1S/C2H3N.CH2Cl2.CH2O2/c1-2-3;2*2-1-3/h1H3;1H2;1H,(H,2,3). The summed E-state index contributed by atoms with van der Waals surface area (Å²) in [5, 5.41) is 14.4. The molecule has 0 rings (SSSR count). The van der Waals surface area contributed by atoms with E-state index >= 15 is 0 Å². The summed E-state index contributed by atoms with van der Waals surface area (Å²) < 4.78 is 0. The molecule has 9 heavy (non-hydrogen) atoms. The Hall–Kier alpha value is -0.460. The van der Waals surface area contributed by atoms with Crippen molar-refractivity contribution in [2.45, 2.75) is 6.92 Å². The number of alkyl halides is 2. The minimum absolute atomic E-state index is 0.194. The molecular weight excluding hydrogens is 165 g/mol. The van der Waals surface area contributed by atoms with Gasteiger partial charge in [0.25, 0.3) is 6.47 Å². The minimum Gasteiger partial charge on any atom is -0.483 e. The zero-order valence-electron chi connectivity index (χ0n) is 4.84. The first-order chi connectivity index (χ1) is 4.24. The maximum atomic E-state index is 8.36. The highest BCUT2D eigenvalue weighted by Crippen LogP contribution is 1.73. The lowest BCUT2D eigenvalue weighted by atomic mass is 11.0. The Morgan fingerprint density at radius 1 is 1.78 bits per heavy atom. The third-order valence-electron chi connectivity index (χ3n) is 0. The van der Waals surface area contributed by atoms with Gasteiger partial charge in [-0.1, -0.05) is 0 Å². The second-order valence-electron chi connectivity index (χ2n) is 0.430. The molecule has 0 aliphatic heterocycles. The topological polar surface area (TPSA) is 61.1 Å². The zero-order chi connectivity index (χ0) is 8.12. The van der Waals surface area contributed by atoms with Crippen LogP contribution in [0.2, 0.25) is 0 Å². The van der Waals surface area contributed by atoms with Gasteiger partial charge in [-0.2, -0.15) is 5.26 Å². The summed E-state index contributed by atoms with van der Waals surface area (Å²) in [4.78, 5) is 8.36. The molecule has 0 aliphatic carbocycles. The summed E-state index contributed by atoms with van der Waals surface area (Å²) >= 11 is 9.53. The number of carboxylic acid groups (broad SMARTS) is 1. The van der Waals surface area contributed by atoms with Gasteiger partial charge in [-0.05, 0) is 0 Å². The van der Waals surface area contributed by atoms with E-state index in [4.69, 9.17) is 38.4 Å². The molecule has 0 aromatic carbocycles. The molecule has 5 heteroatoms. The molecule has 0 unspecified atom stereocenters. The van der Waals surface area contributed by atoms with Crippen molar-refractivity contribution >= 4 is 29.7 Å². The molecule has 0 amide bonds. The predicted molar refractivity (Wildman–Crippen MR) is 36.6 cm³/mol. The first kappa shape index (κ1) is 15.8. The Bertz CT molecular complexity index is 71.5. The number of halogens is 2. The third-order valence-corrected chi connectivity index (χ3v) is 0. The van der Waals surface area contributed by atoms with Crippen LogP contribution in [-0.4, -0.2) is 16.9 Å². The van der Waals surface area contributed by atoms with Gasteiger partial charge >= 0.3 is 0 Å². The molecule has 0 aromatic heterocycles. The van der Waals surface area contributed by atoms with Crippen LogP contribution >= 0.6 is 23.2 Å². The molecule has 3 nitrogen and oxygen atoms in total. The Balaban J connectivity index is -0.0000000600. The van der Waals surface area contributed by atoms with Gasteiger partial charge in [-0.15, -0.1) is 23.2 Å². The van der Waals surface area contributed by atoms with E-state index < -0.39 is 0 Å². The average molecular weight is 172 g/mol. The zero-order valence-corrected chi connectivity index (χ0v) is 6.35. The van der Waals surface area contributed by atoms with Gasteiger partial charge in [0.05, 0.1) is 11.4 Å². The Morgan fingerprint density at radius 2 is 1.78 bits per heavy atom. The second kappa shape index (κ2) is 50.0. The van der Waals surface area contributed by atoms with Gasteiger partial charge in [0.1, 0.15) is 0 Å². The van der Waals surface area contributed by atoms with Crippen LogP contribution in [0.5, 0.6) is 0 Å². The quantitative estimate of drug-likeness (QED) is 0.446. The van der Waals surface area contributed by atoms with Crippen LogP contribution in [0.4, 0.5) is 0 Å². The maximum absolute atomic E-state index is 8.36. The summed E-state index contributed by atoms with van der Waals surface area (Å²) in [6.45, 7) is 1.18. The largest absolute Gasteiger partial charge is 0.483 e. The fourth-order valence-corrected chi connectivity index (χ4v) is 0. The summed E-state index contributed by atoms with van der Waals surface area (Å²) in [5.74, 6) is 0. The van der Waals surface area contributed by atoms with Crippen molar-refractivity contribution in [1.29, 1.82) is 5.26 Å². The average Bonchev–Trinajstić information content (AvgIpc) is 1.70.